The Morgan fingerprint density at radius 1 is 0.944 bits per heavy atom. The third kappa shape index (κ3) is 4.34. The molecule has 0 saturated heterocycles. The fourth-order valence-electron chi connectivity index (χ4n) is 2.43. The molecule has 1 aromatic rings. The molecule has 18 heavy (non-hydrogen) atoms. The van der Waals surface area contributed by atoms with Crippen LogP contribution in [0.3, 0.4) is 0 Å². The van der Waals surface area contributed by atoms with Crippen LogP contribution in [0.5, 0.6) is 5.75 Å². The maximum Gasteiger partial charge on any atom is 0.115 e. The van der Waals surface area contributed by atoms with Crippen LogP contribution in [0.25, 0.3) is 0 Å². The van der Waals surface area contributed by atoms with Crippen molar-refractivity contribution in [3.8, 4) is 5.75 Å². The quantitative estimate of drug-likeness (QED) is 0.799. The molecule has 0 aliphatic rings. The zero-order chi connectivity index (χ0) is 13.7. The molecular weight excluding hydrogens is 222 g/mol. The van der Waals surface area contributed by atoms with Crippen LogP contribution in [0.15, 0.2) is 24.3 Å². The van der Waals surface area contributed by atoms with Gasteiger partial charge in [-0.05, 0) is 48.9 Å². The number of hydrogen-bond acceptors (Lipinski definition) is 2. The molecule has 1 rings (SSSR count). The molecule has 0 aliphatic heterocycles. The predicted octanol–water partition coefficient (Wildman–Crippen LogP) is 3.97. The van der Waals surface area contributed by atoms with E-state index in [0.29, 0.717) is 29.5 Å². The lowest BCUT2D eigenvalue weighted by atomic mass is 9.85. The van der Waals surface area contributed by atoms with Crippen molar-refractivity contribution in [3.05, 3.63) is 29.8 Å². The molecule has 2 N–H and O–H groups in total. The summed E-state index contributed by atoms with van der Waals surface area (Å²) in [5.41, 5.74) is 1.22. The summed E-state index contributed by atoms with van der Waals surface area (Å²) >= 11 is 0. The van der Waals surface area contributed by atoms with Crippen molar-refractivity contribution in [2.24, 2.45) is 17.8 Å². The van der Waals surface area contributed by atoms with E-state index in [-0.39, 0.29) is 0 Å². The number of nitrogens with one attached hydrogen (secondary N) is 1. The first-order valence-corrected chi connectivity index (χ1v) is 6.94. The zero-order valence-electron chi connectivity index (χ0n) is 12.3. The minimum Gasteiger partial charge on any atom is -0.508 e. The van der Waals surface area contributed by atoms with E-state index < -0.39 is 0 Å². The van der Waals surface area contributed by atoms with Gasteiger partial charge in [0.2, 0.25) is 0 Å². The van der Waals surface area contributed by atoms with Gasteiger partial charge >= 0.3 is 0 Å². The Morgan fingerprint density at radius 3 is 1.89 bits per heavy atom. The number of benzene rings is 1. The van der Waals surface area contributed by atoms with E-state index >= 15 is 0 Å². The summed E-state index contributed by atoms with van der Waals surface area (Å²) in [5.74, 6) is 2.42. The molecule has 0 fully saturated rings. The topological polar surface area (TPSA) is 32.3 Å². The largest absolute Gasteiger partial charge is 0.508 e. The number of phenols is 1. The summed E-state index contributed by atoms with van der Waals surface area (Å²) in [6.45, 7) is 12.4. The first-order valence-electron chi connectivity index (χ1n) is 6.94. The van der Waals surface area contributed by atoms with Gasteiger partial charge in [0.15, 0.2) is 0 Å². The highest BCUT2D eigenvalue weighted by Crippen LogP contribution is 2.22. The lowest BCUT2D eigenvalue weighted by Gasteiger charge is -2.27. The Labute approximate surface area is 111 Å². The standard InChI is InChI=1S/C16H27NO/c1-11(2)16(12(3)4)10-17-13(5)14-6-8-15(18)9-7-14/h6-9,11-13,16-18H,10H2,1-5H3. The Hall–Kier alpha value is -1.02. The lowest BCUT2D eigenvalue weighted by Crippen LogP contribution is -2.31. The van der Waals surface area contributed by atoms with E-state index in [2.05, 4.69) is 39.9 Å². The molecule has 1 atom stereocenters. The third-order valence-corrected chi connectivity index (χ3v) is 3.77. The number of aromatic hydroxyl groups is 1. The molecule has 0 spiro atoms. The van der Waals surface area contributed by atoms with Gasteiger partial charge in [0.1, 0.15) is 5.75 Å². The molecule has 2 nitrogen and oxygen atoms in total. The molecule has 0 radical (unpaired) electrons. The molecule has 0 heterocycles. The number of hydrogen-bond donors (Lipinski definition) is 2. The molecule has 0 bridgehead atoms. The molecule has 2 heteroatoms. The maximum atomic E-state index is 9.28. The molecule has 1 unspecified atom stereocenters. The normalized spacial score (nSPS) is 13.6. The van der Waals surface area contributed by atoms with E-state index in [4.69, 9.17) is 0 Å². The second kappa shape index (κ2) is 6.79. The van der Waals surface area contributed by atoms with Crippen molar-refractivity contribution in [3.63, 3.8) is 0 Å². The van der Waals surface area contributed by atoms with Gasteiger partial charge in [-0.1, -0.05) is 39.8 Å². The van der Waals surface area contributed by atoms with E-state index in [1.807, 2.05) is 12.1 Å². The van der Waals surface area contributed by atoms with Crippen molar-refractivity contribution >= 4 is 0 Å². The fraction of sp³-hybridized carbons (Fsp3) is 0.625. The predicted molar refractivity (Wildman–Crippen MR) is 77.7 cm³/mol. The average Bonchev–Trinajstić information content (AvgIpc) is 2.28. The smallest absolute Gasteiger partial charge is 0.115 e. The first-order chi connectivity index (χ1) is 8.41. The van der Waals surface area contributed by atoms with Crippen LogP contribution in [0, 0.1) is 17.8 Å². The SMILES string of the molecule is CC(NCC(C(C)C)C(C)C)c1ccc(O)cc1. The van der Waals surface area contributed by atoms with Crippen molar-refractivity contribution < 1.29 is 5.11 Å². The Balaban J connectivity index is 2.54. The summed E-state index contributed by atoms with van der Waals surface area (Å²) < 4.78 is 0. The number of phenolic OH excluding ortho intramolecular Hbond substituents is 1. The van der Waals surface area contributed by atoms with E-state index in [0.717, 1.165) is 6.54 Å². The van der Waals surface area contributed by atoms with Crippen molar-refractivity contribution in [2.75, 3.05) is 6.54 Å². The number of rotatable bonds is 6. The average molecular weight is 249 g/mol. The third-order valence-electron chi connectivity index (χ3n) is 3.77. The fourth-order valence-corrected chi connectivity index (χ4v) is 2.43. The molecular formula is C16H27NO. The summed E-state index contributed by atoms with van der Waals surface area (Å²) in [4.78, 5) is 0. The van der Waals surface area contributed by atoms with Gasteiger partial charge in [-0.3, -0.25) is 0 Å². The first kappa shape index (κ1) is 15.0. The summed E-state index contributed by atoms with van der Waals surface area (Å²) in [6, 6.07) is 7.77. The van der Waals surface area contributed by atoms with Gasteiger partial charge in [0.25, 0.3) is 0 Å². The minimum atomic E-state index is 0.325. The van der Waals surface area contributed by atoms with Crippen molar-refractivity contribution in [1.82, 2.24) is 5.32 Å². The molecule has 0 aromatic heterocycles. The van der Waals surface area contributed by atoms with Crippen molar-refractivity contribution in [2.45, 2.75) is 40.7 Å². The van der Waals surface area contributed by atoms with Gasteiger partial charge in [-0.15, -0.1) is 0 Å². The van der Waals surface area contributed by atoms with Crippen LogP contribution in [-0.2, 0) is 0 Å². The lowest BCUT2D eigenvalue weighted by molar-refractivity contribution is 0.268. The van der Waals surface area contributed by atoms with Crippen molar-refractivity contribution in [1.29, 1.82) is 0 Å². The molecule has 0 aliphatic carbocycles. The highest BCUT2D eigenvalue weighted by molar-refractivity contribution is 5.27. The summed E-state index contributed by atoms with van der Waals surface area (Å²) in [6.07, 6.45) is 0. The summed E-state index contributed by atoms with van der Waals surface area (Å²) in [7, 11) is 0. The van der Waals surface area contributed by atoms with Gasteiger partial charge < -0.3 is 10.4 Å². The van der Waals surface area contributed by atoms with E-state index in [1.54, 1.807) is 12.1 Å². The second-order valence-corrected chi connectivity index (χ2v) is 5.87. The minimum absolute atomic E-state index is 0.325. The summed E-state index contributed by atoms with van der Waals surface area (Å²) in [5, 5.41) is 12.9. The maximum absolute atomic E-state index is 9.28. The monoisotopic (exact) mass is 249 g/mol. The van der Waals surface area contributed by atoms with E-state index in [1.165, 1.54) is 5.56 Å². The highest BCUT2D eigenvalue weighted by Gasteiger charge is 2.18. The second-order valence-electron chi connectivity index (χ2n) is 5.87. The Morgan fingerprint density at radius 2 is 1.44 bits per heavy atom. The van der Waals surface area contributed by atoms with Gasteiger partial charge in [0.05, 0.1) is 0 Å². The van der Waals surface area contributed by atoms with Crippen LogP contribution >= 0.6 is 0 Å². The van der Waals surface area contributed by atoms with Crippen LogP contribution in [0.1, 0.15) is 46.2 Å². The van der Waals surface area contributed by atoms with Crippen LogP contribution < -0.4 is 5.32 Å². The van der Waals surface area contributed by atoms with Gasteiger partial charge in [-0.2, -0.15) is 0 Å². The molecule has 0 amide bonds. The van der Waals surface area contributed by atoms with Crippen LogP contribution in [0.2, 0.25) is 0 Å². The zero-order valence-corrected chi connectivity index (χ0v) is 12.3. The molecule has 0 saturated carbocycles. The molecule has 102 valence electrons. The van der Waals surface area contributed by atoms with Gasteiger partial charge in [-0.25, -0.2) is 0 Å². The van der Waals surface area contributed by atoms with E-state index in [9.17, 15) is 5.11 Å². The van der Waals surface area contributed by atoms with Crippen LogP contribution in [0.4, 0.5) is 0 Å². The highest BCUT2D eigenvalue weighted by atomic mass is 16.3. The molecule has 1 aromatic carbocycles. The van der Waals surface area contributed by atoms with Crippen LogP contribution in [-0.4, -0.2) is 11.7 Å². The Kier molecular flexibility index (Phi) is 5.67. The van der Waals surface area contributed by atoms with Gasteiger partial charge in [0, 0.05) is 6.04 Å². The Bertz CT molecular complexity index is 335.